The third-order valence-corrected chi connectivity index (χ3v) is 7.21. The van der Waals surface area contributed by atoms with Gasteiger partial charge < -0.3 is 9.64 Å². The highest BCUT2D eigenvalue weighted by molar-refractivity contribution is 6.03. The first-order valence-electron chi connectivity index (χ1n) is 12.7. The average Bonchev–Trinajstić information content (AvgIpc) is 3.40. The first kappa shape index (κ1) is 25.4. The number of hydrogen-bond acceptors (Lipinski definition) is 7. The zero-order valence-electron chi connectivity index (χ0n) is 21.6. The van der Waals surface area contributed by atoms with Gasteiger partial charge in [-0.3, -0.25) is 19.8 Å². The summed E-state index contributed by atoms with van der Waals surface area (Å²) in [4.78, 5) is 28.5. The summed E-state index contributed by atoms with van der Waals surface area (Å²) in [5, 5.41) is 17.4. The number of nitrogens with zero attached hydrogens (tertiary/aromatic N) is 5. The maximum atomic E-state index is 13.6. The lowest BCUT2D eigenvalue weighted by atomic mass is 9.97. The number of aryl methyl sites for hydroxylation is 1. The number of non-ortho nitro benzene ring substituents is 1. The molecule has 2 aliphatic heterocycles. The normalized spacial score (nSPS) is 17.8. The molecular weight excluding hydrogens is 482 g/mol. The van der Waals surface area contributed by atoms with E-state index in [0.29, 0.717) is 6.42 Å². The van der Waals surface area contributed by atoms with Crippen LogP contribution in [0.4, 0.5) is 11.4 Å². The minimum Gasteiger partial charge on any atom is -0.497 e. The number of piperazine rings is 1. The molecule has 9 heteroatoms. The van der Waals surface area contributed by atoms with Gasteiger partial charge in [0, 0.05) is 50.4 Å². The van der Waals surface area contributed by atoms with Crippen LogP contribution in [0.1, 0.15) is 29.2 Å². The van der Waals surface area contributed by atoms with E-state index in [9.17, 15) is 14.9 Å². The minimum atomic E-state index is -0.391. The van der Waals surface area contributed by atoms with E-state index in [2.05, 4.69) is 41.0 Å². The van der Waals surface area contributed by atoms with E-state index in [0.717, 1.165) is 54.5 Å². The van der Waals surface area contributed by atoms with Crippen molar-refractivity contribution in [3.05, 3.63) is 99.6 Å². The molecule has 1 atom stereocenters. The number of nitro groups is 1. The molecule has 2 aliphatic rings. The summed E-state index contributed by atoms with van der Waals surface area (Å²) in [7, 11) is 1.64. The molecule has 0 radical (unpaired) electrons. The van der Waals surface area contributed by atoms with Crippen molar-refractivity contribution in [2.45, 2.75) is 19.4 Å². The van der Waals surface area contributed by atoms with Crippen LogP contribution in [0.25, 0.3) is 0 Å². The fourth-order valence-corrected chi connectivity index (χ4v) is 4.96. The molecule has 3 aromatic carbocycles. The number of ether oxygens (including phenoxy) is 1. The topological polar surface area (TPSA) is 91.5 Å². The highest BCUT2D eigenvalue weighted by Crippen LogP contribution is 2.33. The molecule has 0 aromatic heterocycles. The summed E-state index contributed by atoms with van der Waals surface area (Å²) in [6, 6.07) is 22.6. The molecule has 1 amide bonds. The van der Waals surface area contributed by atoms with Gasteiger partial charge in [-0.05, 0) is 54.4 Å². The lowest BCUT2D eigenvalue weighted by Gasteiger charge is -2.36. The van der Waals surface area contributed by atoms with Crippen LogP contribution in [0.15, 0.2) is 77.9 Å². The third-order valence-electron chi connectivity index (χ3n) is 7.21. The largest absolute Gasteiger partial charge is 0.497 e. The van der Waals surface area contributed by atoms with E-state index in [1.807, 2.05) is 24.3 Å². The number of carbonyl (C=O) groups is 1. The Morgan fingerprint density at radius 1 is 0.974 bits per heavy atom. The van der Waals surface area contributed by atoms with E-state index in [1.165, 1.54) is 17.7 Å². The fourth-order valence-electron chi connectivity index (χ4n) is 4.96. The number of nitro benzene ring substituents is 1. The summed E-state index contributed by atoms with van der Waals surface area (Å²) in [6.45, 7) is 5.27. The average molecular weight is 514 g/mol. The van der Waals surface area contributed by atoms with Crippen molar-refractivity contribution in [2.24, 2.45) is 5.10 Å². The van der Waals surface area contributed by atoms with Gasteiger partial charge in [0.2, 0.25) is 0 Å². The third kappa shape index (κ3) is 5.52. The second kappa shape index (κ2) is 11.0. The Kier molecular flexibility index (Phi) is 7.37. The monoisotopic (exact) mass is 513 g/mol. The van der Waals surface area contributed by atoms with Crippen molar-refractivity contribution in [2.75, 3.05) is 44.7 Å². The van der Waals surface area contributed by atoms with E-state index >= 15 is 0 Å². The standard InChI is InChI=1S/C29H31N5O4/c1-21-3-5-23(6-4-21)28-19-27(22-7-13-26(38-2)14-8-22)30-33(28)29(35)20-31-15-17-32(18-16-31)24-9-11-25(12-10-24)34(36)37/h3-14,28H,15-20H2,1-2H3. The predicted octanol–water partition coefficient (Wildman–Crippen LogP) is 4.41. The molecule has 0 bridgehead atoms. The van der Waals surface area contributed by atoms with Gasteiger partial charge in [-0.1, -0.05) is 29.8 Å². The van der Waals surface area contributed by atoms with Crippen molar-refractivity contribution in [3.63, 3.8) is 0 Å². The number of amides is 1. The molecule has 0 saturated carbocycles. The fraction of sp³-hybridized carbons (Fsp3) is 0.310. The van der Waals surface area contributed by atoms with Gasteiger partial charge in [0.15, 0.2) is 0 Å². The Balaban J connectivity index is 1.27. The molecule has 0 spiro atoms. The quantitative estimate of drug-likeness (QED) is 0.343. The maximum absolute atomic E-state index is 13.6. The second-order valence-electron chi connectivity index (χ2n) is 9.68. The molecule has 3 aromatic rings. The molecule has 5 rings (SSSR count). The van der Waals surface area contributed by atoms with Crippen molar-refractivity contribution >= 4 is 23.0 Å². The smallest absolute Gasteiger partial charge is 0.269 e. The molecule has 38 heavy (non-hydrogen) atoms. The Labute approximate surface area is 222 Å². The molecule has 1 saturated heterocycles. The van der Waals surface area contributed by atoms with Crippen LogP contribution in [0, 0.1) is 17.0 Å². The lowest BCUT2D eigenvalue weighted by Crippen LogP contribution is -2.49. The van der Waals surface area contributed by atoms with Crippen LogP contribution in [0.3, 0.4) is 0 Å². The van der Waals surface area contributed by atoms with Crippen molar-refractivity contribution in [3.8, 4) is 5.75 Å². The second-order valence-corrected chi connectivity index (χ2v) is 9.68. The van der Waals surface area contributed by atoms with Crippen molar-refractivity contribution in [1.82, 2.24) is 9.91 Å². The molecule has 0 N–H and O–H groups in total. The minimum absolute atomic E-state index is 0.0251. The molecule has 0 aliphatic carbocycles. The number of hydrogen-bond donors (Lipinski definition) is 0. The van der Waals surface area contributed by atoms with Crippen LogP contribution in [-0.2, 0) is 4.79 Å². The Morgan fingerprint density at radius 2 is 1.63 bits per heavy atom. The van der Waals surface area contributed by atoms with Crippen LogP contribution < -0.4 is 9.64 Å². The van der Waals surface area contributed by atoms with Crippen LogP contribution in [-0.4, -0.2) is 66.3 Å². The Hall–Kier alpha value is -4.24. The molecule has 1 fully saturated rings. The number of hydrazone groups is 1. The summed E-state index contributed by atoms with van der Waals surface area (Å²) < 4.78 is 5.29. The molecule has 2 heterocycles. The van der Waals surface area contributed by atoms with Gasteiger partial charge >= 0.3 is 0 Å². The van der Waals surface area contributed by atoms with Crippen LogP contribution in [0.5, 0.6) is 5.75 Å². The molecule has 1 unspecified atom stereocenters. The SMILES string of the molecule is COc1ccc(C2=NN(C(=O)CN3CCN(c4ccc([N+](=O)[O-])cc4)CC3)C(c3ccc(C)cc3)C2)cc1. The predicted molar refractivity (Wildman–Crippen MR) is 147 cm³/mol. The van der Waals surface area contributed by atoms with Crippen LogP contribution in [0.2, 0.25) is 0 Å². The van der Waals surface area contributed by atoms with E-state index in [4.69, 9.17) is 9.84 Å². The number of methoxy groups -OCH3 is 1. The Bertz CT molecular complexity index is 1310. The Morgan fingerprint density at radius 3 is 2.24 bits per heavy atom. The highest BCUT2D eigenvalue weighted by atomic mass is 16.6. The number of carbonyl (C=O) groups excluding carboxylic acids is 1. The molecular formula is C29H31N5O4. The number of anilines is 1. The first-order chi connectivity index (χ1) is 18.4. The van der Waals surface area contributed by atoms with Crippen LogP contribution >= 0.6 is 0 Å². The van der Waals surface area contributed by atoms with Gasteiger partial charge in [-0.15, -0.1) is 0 Å². The lowest BCUT2D eigenvalue weighted by molar-refractivity contribution is -0.384. The van der Waals surface area contributed by atoms with E-state index in [-0.39, 0.29) is 24.2 Å². The van der Waals surface area contributed by atoms with Gasteiger partial charge in [0.25, 0.3) is 11.6 Å². The first-order valence-corrected chi connectivity index (χ1v) is 12.7. The zero-order valence-corrected chi connectivity index (χ0v) is 21.6. The number of benzene rings is 3. The van der Waals surface area contributed by atoms with E-state index in [1.54, 1.807) is 24.3 Å². The molecule has 9 nitrogen and oxygen atoms in total. The highest BCUT2D eigenvalue weighted by Gasteiger charge is 2.34. The van der Waals surface area contributed by atoms with Crippen molar-refractivity contribution < 1.29 is 14.5 Å². The summed E-state index contributed by atoms with van der Waals surface area (Å²) >= 11 is 0. The van der Waals surface area contributed by atoms with Gasteiger partial charge in [-0.2, -0.15) is 5.10 Å². The van der Waals surface area contributed by atoms with E-state index < -0.39 is 4.92 Å². The molecule has 196 valence electrons. The zero-order chi connectivity index (χ0) is 26.6. The number of rotatable bonds is 7. The maximum Gasteiger partial charge on any atom is 0.269 e. The van der Waals surface area contributed by atoms with Gasteiger partial charge in [0.1, 0.15) is 5.75 Å². The summed E-state index contributed by atoms with van der Waals surface area (Å²) in [6.07, 6.45) is 0.648. The summed E-state index contributed by atoms with van der Waals surface area (Å²) in [5.41, 5.74) is 5.14. The van der Waals surface area contributed by atoms with Gasteiger partial charge in [-0.25, -0.2) is 5.01 Å². The van der Waals surface area contributed by atoms with Gasteiger partial charge in [0.05, 0.1) is 30.3 Å². The summed E-state index contributed by atoms with van der Waals surface area (Å²) in [5.74, 6) is 0.756. The van der Waals surface area contributed by atoms with Crippen molar-refractivity contribution in [1.29, 1.82) is 0 Å².